The maximum atomic E-state index is 10.1. The number of hydrogen-bond acceptors (Lipinski definition) is 3. The summed E-state index contributed by atoms with van der Waals surface area (Å²) in [4.78, 5) is 10.1. The van der Waals surface area contributed by atoms with Gasteiger partial charge in [-0.1, -0.05) is 17.3 Å². The Kier molecular flexibility index (Phi) is 2.80. The molecule has 0 bridgehead atoms. The molecule has 0 saturated carbocycles. The van der Waals surface area contributed by atoms with Crippen LogP contribution in [0.15, 0.2) is 23.4 Å². The fraction of sp³-hybridized carbons (Fsp3) is 0.333. The van der Waals surface area contributed by atoms with Crippen molar-refractivity contribution in [3.8, 4) is 5.75 Å². The molecule has 0 N–H and O–H groups in total. The molecule has 0 amide bonds. The van der Waals surface area contributed by atoms with E-state index in [1.165, 1.54) is 0 Å². The van der Waals surface area contributed by atoms with Gasteiger partial charge >= 0.3 is 0 Å². The molecule has 0 saturated heterocycles. The van der Waals surface area contributed by atoms with Gasteiger partial charge in [-0.25, -0.2) is 0 Å². The Morgan fingerprint density at radius 3 is 2.83 bits per heavy atom. The lowest BCUT2D eigenvalue weighted by atomic mass is 10.1. The molecule has 0 spiro atoms. The van der Waals surface area contributed by atoms with Crippen LogP contribution in [0.4, 0.5) is 0 Å². The van der Waals surface area contributed by atoms with Gasteiger partial charge in [0.05, 0.1) is 7.11 Å². The predicted octanol–water partition coefficient (Wildman–Crippen LogP) is 2.27. The molecule has 0 unspecified atom stereocenters. The van der Waals surface area contributed by atoms with E-state index in [4.69, 9.17) is 4.74 Å². The van der Waals surface area contributed by atoms with Crippen LogP contribution in [0.1, 0.15) is 11.1 Å². The standard InChI is InChI=1S/C9H11NO2/c1-7-4-3-5-9(12-2)8(7)6-10-11/h3-5H,6H2,1-2H3. The normalized spacial score (nSPS) is 9.50. The van der Waals surface area contributed by atoms with Gasteiger partial charge in [-0.2, -0.15) is 4.91 Å². The summed E-state index contributed by atoms with van der Waals surface area (Å²) < 4.78 is 5.08. The number of nitroso groups, excluding NO2 is 1. The Morgan fingerprint density at radius 1 is 1.50 bits per heavy atom. The van der Waals surface area contributed by atoms with Gasteiger partial charge in [0.25, 0.3) is 0 Å². The zero-order valence-electron chi connectivity index (χ0n) is 7.20. The van der Waals surface area contributed by atoms with Crippen LogP contribution < -0.4 is 4.74 Å². The molecule has 64 valence electrons. The zero-order chi connectivity index (χ0) is 8.97. The van der Waals surface area contributed by atoms with Crippen molar-refractivity contribution in [2.75, 3.05) is 7.11 Å². The largest absolute Gasteiger partial charge is 0.496 e. The molecule has 0 aromatic heterocycles. The van der Waals surface area contributed by atoms with Crippen molar-refractivity contribution < 1.29 is 4.74 Å². The highest BCUT2D eigenvalue weighted by Crippen LogP contribution is 2.22. The highest BCUT2D eigenvalue weighted by molar-refractivity contribution is 5.39. The number of ether oxygens (including phenoxy) is 1. The monoisotopic (exact) mass is 165 g/mol. The highest BCUT2D eigenvalue weighted by atomic mass is 16.5. The van der Waals surface area contributed by atoms with Crippen molar-refractivity contribution in [3.05, 3.63) is 34.2 Å². The van der Waals surface area contributed by atoms with Crippen LogP contribution in [0, 0.1) is 11.8 Å². The average molecular weight is 165 g/mol. The van der Waals surface area contributed by atoms with E-state index >= 15 is 0 Å². The van der Waals surface area contributed by atoms with Crippen LogP contribution in [0.2, 0.25) is 0 Å². The predicted molar refractivity (Wildman–Crippen MR) is 47.2 cm³/mol. The lowest BCUT2D eigenvalue weighted by Gasteiger charge is -2.07. The smallest absolute Gasteiger partial charge is 0.124 e. The summed E-state index contributed by atoms with van der Waals surface area (Å²) >= 11 is 0. The third kappa shape index (κ3) is 1.61. The Hall–Kier alpha value is -1.38. The summed E-state index contributed by atoms with van der Waals surface area (Å²) in [5.74, 6) is 0.731. The number of nitrogens with zero attached hydrogens (tertiary/aromatic N) is 1. The third-order valence-electron chi connectivity index (χ3n) is 1.81. The number of hydrogen-bond donors (Lipinski definition) is 0. The van der Waals surface area contributed by atoms with Crippen molar-refractivity contribution in [1.29, 1.82) is 0 Å². The van der Waals surface area contributed by atoms with Gasteiger partial charge in [0, 0.05) is 5.56 Å². The minimum Gasteiger partial charge on any atom is -0.496 e. The lowest BCUT2D eigenvalue weighted by Crippen LogP contribution is -1.93. The van der Waals surface area contributed by atoms with Gasteiger partial charge in [-0.3, -0.25) is 0 Å². The average Bonchev–Trinajstić information content (AvgIpc) is 2.09. The Bertz CT molecular complexity index is 284. The maximum Gasteiger partial charge on any atom is 0.124 e. The summed E-state index contributed by atoms with van der Waals surface area (Å²) in [6.45, 7) is 2.11. The molecular weight excluding hydrogens is 154 g/mol. The van der Waals surface area contributed by atoms with Crippen LogP contribution in [0.3, 0.4) is 0 Å². The second-order valence-corrected chi connectivity index (χ2v) is 2.54. The van der Waals surface area contributed by atoms with Gasteiger partial charge < -0.3 is 4.74 Å². The Labute approximate surface area is 71.3 Å². The van der Waals surface area contributed by atoms with Crippen LogP contribution >= 0.6 is 0 Å². The molecule has 0 radical (unpaired) electrons. The van der Waals surface area contributed by atoms with Gasteiger partial charge in [-0.05, 0) is 18.6 Å². The molecule has 1 rings (SSSR count). The van der Waals surface area contributed by atoms with Crippen molar-refractivity contribution >= 4 is 0 Å². The lowest BCUT2D eigenvalue weighted by molar-refractivity contribution is 0.409. The third-order valence-corrected chi connectivity index (χ3v) is 1.81. The molecule has 0 atom stereocenters. The summed E-state index contributed by atoms with van der Waals surface area (Å²) in [5, 5.41) is 2.85. The van der Waals surface area contributed by atoms with Gasteiger partial charge in [0.2, 0.25) is 0 Å². The molecule has 0 aliphatic heterocycles. The molecule has 1 aromatic rings. The second-order valence-electron chi connectivity index (χ2n) is 2.54. The molecule has 0 fully saturated rings. The van der Waals surface area contributed by atoms with E-state index in [0.29, 0.717) is 0 Å². The molecule has 0 aliphatic rings. The summed E-state index contributed by atoms with van der Waals surface area (Å²) in [5.41, 5.74) is 1.91. The summed E-state index contributed by atoms with van der Waals surface area (Å²) in [7, 11) is 1.59. The summed E-state index contributed by atoms with van der Waals surface area (Å²) in [6.07, 6.45) is 0. The Balaban J connectivity index is 3.10. The fourth-order valence-electron chi connectivity index (χ4n) is 1.13. The van der Waals surface area contributed by atoms with Crippen LogP contribution in [0.5, 0.6) is 5.75 Å². The molecule has 3 nitrogen and oxygen atoms in total. The van der Waals surface area contributed by atoms with E-state index < -0.39 is 0 Å². The van der Waals surface area contributed by atoms with Crippen molar-refractivity contribution in [2.45, 2.75) is 13.5 Å². The van der Waals surface area contributed by atoms with Crippen LogP contribution in [-0.4, -0.2) is 7.11 Å². The van der Waals surface area contributed by atoms with E-state index in [1.807, 2.05) is 25.1 Å². The molecule has 0 aliphatic carbocycles. The van der Waals surface area contributed by atoms with E-state index in [0.717, 1.165) is 16.9 Å². The number of aryl methyl sites for hydroxylation is 1. The molecule has 3 heteroatoms. The van der Waals surface area contributed by atoms with E-state index in [9.17, 15) is 4.91 Å². The quantitative estimate of drug-likeness (QED) is 0.644. The number of benzene rings is 1. The van der Waals surface area contributed by atoms with Gasteiger partial charge in [0.15, 0.2) is 0 Å². The first-order chi connectivity index (χ1) is 5.79. The molecule has 0 heterocycles. The first-order valence-electron chi connectivity index (χ1n) is 3.71. The second kappa shape index (κ2) is 3.85. The first-order valence-corrected chi connectivity index (χ1v) is 3.71. The zero-order valence-corrected chi connectivity index (χ0v) is 7.20. The molecule has 12 heavy (non-hydrogen) atoms. The first kappa shape index (κ1) is 8.71. The van der Waals surface area contributed by atoms with E-state index in [-0.39, 0.29) is 6.54 Å². The van der Waals surface area contributed by atoms with E-state index in [1.54, 1.807) is 7.11 Å². The van der Waals surface area contributed by atoms with E-state index in [2.05, 4.69) is 5.18 Å². The Morgan fingerprint density at radius 2 is 2.25 bits per heavy atom. The van der Waals surface area contributed by atoms with Crippen LogP contribution in [-0.2, 0) is 6.54 Å². The SMILES string of the molecule is COc1cccc(C)c1CN=O. The van der Waals surface area contributed by atoms with Gasteiger partial charge in [0.1, 0.15) is 12.3 Å². The minimum atomic E-state index is 0.176. The number of methoxy groups -OCH3 is 1. The van der Waals surface area contributed by atoms with Gasteiger partial charge in [-0.15, -0.1) is 0 Å². The molecular formula is C9H11NO2. The fourth-order valence-corrected chi connectivity index (χ4v) is 1.13. The van der Waals surface area contributed by atoms with Crippen molar-refractivity contribution in [3.63, 3.8) is 0 Å². The summed E-state index contributed by atoms with van der Waals surface area (Å²) in [6, 6.07) is 5.65. The highest BCUT2D eigenvalue weighted by Gasteiger charge is 2.04. The topological polar surface area (TPSA) is 38.7 Å². The maximum absolute atomic E-state index is 10.1. The van der Waals surface area contributed by atoms with Crippen LogP contribution in [0.25, 0.3) is 0 Å². The van der Waals surface area contributed by atoms with Crippen molar-refractivity contribution in [2.24, 2.45) is 5.18 Å². The number of rotatable bonds is 3. The minimum absolute atomic E-state index is 0.176. The molecule has 1 aromatic carbocycles. The van der Waals surface area contributed by atoms with Crippen molar-refractivity contribution in [1.82, 2.24) is 0 Å².